The zero-order valence-electron chi connectivity index (χ0n) is 9.01. The van der Waals surface area contributed by atoms with Gasteiger partial charge in [-0.1, -0.05) is 15.9 Å². The summed E-state index contributed by atoms with van der Waals surface area (Å²) >= 11 is 2.98. The standard InChI is InChI=1S/C11H12BrNO3/c1-13(11(15)10(12)7-14)8-3-5-9(16-2)6-4-8/h3-7,10H,1-2H3. The van der Waals surface area contributed by atoms with Gasteiger partial charge in [-0.3, -0.25) is 4.79 Å². The predicted molar refractivity (Wildman–Crippen MR) is 65.2 cm³/mol. The van der Waals surface area contributed by atoms with E-state index in [4.69, 9.17) is 4.74 Å². The Kier molecular flexibility index (Phi) is 4.49. The van der Waals surface area contributed by atoms with E-state index in [0.717, 1.165) is 5.75 Å². The smallest absolute Gasteiger partial charge is 0.247 e. The second-order valence-electron chi connectivity index (χ2n) is 3.13. The Hall–Kier alpha value is -1.36. The van der Waals surface area contributed by atoms with E-state index in [0.29, 0.717) is 12.0 Å². The number of hydrogen-bond acceptors (Lipinski definition) is 3. The van der Waals surface area contributed by atoms with Crippen molar-refractivity contribution in [2.24, 2.45) is 0 Å². The van der Waals surface area contributed by atoms with E-state index in [1.54, 1.807) is 38.4 Å². The van der Waals surface area contributed by atoms with Gasteiger partial charge in [-0.2, -0.15) is 0 Å². The predicted octanol–water partition coefficient (Wildman–Crippen LogP) is 1.62. The van der Waals surface area contributed by atoms with E-state index < -0.39 is 4.83 Å². The number of ether oxygens (including phenoxy) is 1. The molecule has 1 unspecified atom stereocenters. The average Bonchev–Trinajstić information content (AvgIpc) is 2.36. The van der Waals surface area contributed by atoms with Crippen LogP contribution in [0.3, 0.4) is 0 Å². The zero-order valence-corrected chi connectivity index (χ0v) is 10.6. The molecule has 1 aromatic rings. The van der Waals surface area contributed by atoms with E-state index in [1.165, 1.54) is 4.90 Å². The van der Waals surface area contributed by atoms with Crippen LogP contribution in [0.5, 0.6) is 5.75 Å². The number of amides is 1. The van der Waals surface area contributed by atoms with E-state index in [9.17, 15) is 9.59 Å². The molecule has 1 amide bonds. The number of rotatable bonds is 4. The first-order valence-corrected chi connectivity index (χ1v) is 5.52. The Balaban J connectivity index is 2.83. The molecule has 0 aromatic heterocycles. The molecule has 16 heavy (non-hydrogen) atoms. The highest BCUT2D eigenvalue weighted by atomic mass is 79.9. The van der Waals surface area contributed by atoms with Gasteiger partial charge in [0.1, 0.15) is 16.9 Å². The second-order valence-corrected chi connectivity index (χ2v) is 4.12. The molecule has 1 aromatic carbocycles. The molecular formula is C11H12BrNO3. The highest BCUT2D eigenvalue weighted by molar-refractivity contribution is 9.10. The van der Waals surface area contributed by atoms with Gasteiger partial charge in [0.05, 0.1) is 7.11 Å². The van der Waals surface area contributed by atoms with E-state index in [2.05, 4.69) is 15.9 Å². The molecule has 4 nitrogen and oxygen atoms in total. The molecule has 1 atom stereocenters. The topological polar surface area (TPSA) is 46.6 Å². The molecule has 0 bridgehead atoms. The van der Waals surface area contributed by atoms with Crippen LogP contribution in [0.25, 0.3) is 0 Å². The Labute approximate surface area is 102 Å². The van der Waals surface area contributed by atoms with Gasteiger partial charge in [0.25, 0.3) is 0 Å². The van der Waals surface area contributed by atoms with Crippen LogP contribution in [0.2, 0.25) is 0 Å². The van der Waals surface area contributed by atoms with Crippen LogP contribution < -0.4 is 9.64 Å². The molecule has 86 valence electrons. The van der Waals surface area contributed by atoms with Crippen LogP contribution in [0.4, 0.5) is 5.69 Å². The number of alkyl halides is 1. The summed E-state index contributed by atoms with van der Waals surface area (Å²) in [5, 5.41) is 0. The molecule has 0 fully saturated rings. The summed E-state index contributed by atoms with van der Waals surface area (Å²) in [5.41, 5.74) is 0.706. The van der Waals surface area contributed by atoms with Crippen molar-refractivity contribution >= 4 is 33.8 Å². The molecule has 0 spiro atoms. The monoisotopic (exact) mass is 285 g/mol. The molecular weight excluding hydrogens is 274 g/mol. The minimum absolute atomic E-state index is 0.305. The third-order valence-electron chi connectivity index (χ3n) is 2.15. The van der Waals surface area contributed by atoms with Crippen molar-refractivity contribution in [2.45, 2.75) is 4.83 Å². The van der Waals surface area contributed by atoms with Crippen LogP contribution in [-0.2, 0) is 9.59 Å². The number of halogens is 1. The molecule has 0 saturated carbocycles. The second kappa shape index (κ2) is 5.65. The third kappa shape index (κ3) is 2.82. The van der Waals surface area contributed by atoms with Gasteiger partial charge in [-0.05, 0) is 24.3 Å². The van der Waals surface area contributed by atoms with E-state index in [-0.39, 0.29) is 5.91 Å². The summed E-state index contributed by atoms with van der Waals surface area (Å²) in [5.74, 6) is 0.413. The van der Waals surface area contributed by atoms with Crippen molar-refractivity contribution in [1.29, 1.82) is 0 Å². The largest absolute Gasteiger partial charge is 0.497 e. The molecule has 0 N–H and O–H groups in total. The van der Waals surface area contributed by atoms with Crippen LogP contribution in [0.1, 0.15) is 0 Å². The number of methoxy groups -OCH3 is 1. The van der Waals surface area contributed by atoms with Crippen LogP contribution >= 0.6 is 15.9 Å². The molecule has 1 rings (SSSR count). The first-order chi connectivity index (χ1) is 7.60. The van der Waals surface area contributed by atoms with Gasteiger partial charge in [0.15, 0.2) is 0 Å². The number of aldehydes is 1. The molecule has 0 heterocycles. The highest BCUT2D eigenvalue weighted by Crippen LogP contribution is 2.19. The number of benzene rings is 1. The fourth-order valence-corrected chi connectivity index (χ4v) is 1.48. The van der Waals surface area contributed by atoms with Gasteiger partial charge in [-0.15, -0.1) is 0 Å². The SMILES string of the molecule is COc1ccc(N(C)C(=O)C(Br)C=O)cc1. The summed E-state index contributed by atoms with van der Waals surface area (Å²) in [7, 11) is 3.19. The van der Waals surface area contributed by atoms with Crippen molar-refractivity contribution in [2.75, 3.05) is 19.1 Å². The lowest BCUT2D eigenvalue weighted by Crippen LogP contribution is -2.33. The van der Waals surface area contributed by atoms with Gasteiger partial charge < -0.3 is 14.4 Å². The fourth-order valence-electron chi connectivity index (χ4n) is 1.18. The maximum atomic E-state index is 11.6. The summed E-state index contributed by atoms with van der Waals surface area (Å²) < 4.78 is 5.01. The Bertz CT molecular complexity index is 377. The van der Waals surface area contributed by atoms with Crippen molar-refractivity contribution < 1.29 is 14.3 Å². The van der Waals surface area contributed by atoms with Crippen LogP contribution in [0.15, 0.2) is 24.3 Å². The van der Waals surface area contributed by atoms with Gasteiger partial charge >= 0.3 is 0 Å². The summed E-state index contributed by atoms with van der Waals surface area (Å²) in [4.78, 5) is 22.7. The summed E-state index contributed by atoms with van der Waals surface area (Å²) in [6, 6.07) is 7.01. The Morgan fingerprint density at radius 3 is 2.44 bits per heavy atom. The first-order valence-electron chi connectivity index (χ1n) is 4.61. The van der Waals surface area contributed by atoms with Crippen LogP contribution in [-0.4, -0.2) is 31.2 Å². The molecule has 0 saturated heterocycles. The summed E-state index contributed by atoms with van der Waals surface area (Å²) in [6.07, 6.45) is 0.558. The van der Waals surface area contributed by atoms with Crippen molar-refractivity contribution in [1.82, 2.24) is 0 Å². The zero-order chi connectivity index (χ0) is 12.1. The Morgan fingerprint density at radius 2 is 2.00 bits per heavy atom. The third-order valence-corrected chi connectivity index (χ3v) is 2.75. The highest BCUT2D eigenvalue weighted by Gasteiger charge is 2.19. The number of carbonyl (C=O) groups is 2. The van der Waals surface area contributed by atoms with Crippen molar-refractivity contribution in [3.8, 4) is 5.75 Å². The van der Waals surface area contributed by atoms with Gasteiger partial charge in [0.2, 0.25) is 5.91 Å². The van der Waals surface area contributed by atoms with Gasteiger partial charge in [0, 0.05) is 12.7 Å². The van der Waals surface area contributed by atoms with Crippen LogP contribution in [0, 0.1) is 0 Å². The van der Waals surface area contributed by atoms with Gasteiger partial charge in [-0.25, -0.2) is 0 Å². The summed E-state index contributed by atoms with van der Waals surface area (Å²) in [6.45, 7) is 0. The quantitative estimate of drug-likeness (QED) is 0.480. The molecule has 0 aliphatic heterocycles. The minimum atomic E-state index is -0.806. The van der Waals surface area contributed by atoms with E-state index >= 15 is 0 Å². The maximum absolute atomic E-state index is 11.6. The number of hydrogen-bond donors (Lipinski definition) is 0. The molecule has 5 heteroatoms. The number of anilines is 1. The normalized spacial score (nSPS) is 11.7. The molecule has 0 aliphatic rings. The van der Waals surface area contributed by atoms with Crippen molar-refractivity contribution in [3.63, 3.8) is 0 Å². The average molecular weight is 286 g/mol. The van der Waals surface area contributed by atoms with Crippen molar-refractivity contribution in [3.05, 3.63) is 24.3 Å². The number of carbonyl (C=O) groups excluding carboxylic acids is 2. The Morgan fingerprint density at radius 1 is 1.44 bits per heavy atom. The van der Waals surface area contributed by atoms with E-state index in [1.807, 2.05) is 0 Å². The first kappa shape index (κ1) is 12.7. The lowest BCUT2D eigenvalue weighted by molar-refractivity contribution is -0.120. The fraction of sp³-hybridized carbons (Fsp3) is 0.273. The molecule has 0 aliphatic carbocycles. The maximum Gasteiger partial charge on any atom is 0.247 e. The lowest BCUT2D eigenvalue weighted by atomic mass is 10.2. The minimum Gasteiger partial charge on any atom is -0.497 e. The lowest BCUT2D eigenvalue weighted by Gasteiger charge is -2.18. The number of nitrogens with zero attached hydrogens (tertiary/aromatic N) is 1. The molecule has 0 radical (unpaired) electrons.